The number of thioether (sulfide) groups is 1. The van der Waals surface area contributed by atoms with E-state index in [-0.39, 0.29) is 29.7 Å². The Morgan fingerprint density at radius 1 is 1.16 bits per heavy atom. The van der Waals surface area contributed by atoms with Gasteiger partial charge in [0.1, 0.15) is 4.32 Å². The standard InChI is InChI=1S/C22H21N3O4S3/c1-15(13-16-5-3-2-4-6-16)14-19-21(27)25(22(30)31-19)12-11-20(26)24-17-7-9-18(10-8-17)32(23,28)29/h2-10,13-14H,11-12H2,1H3,(H,24,26)(H2,23,28,29)/b15-13-,19-14+. The van der Waals surface area contributed by atoms with Crippen LogP contribution in [0, 0.1) is 0 Å². The zero-order valence-electron chi connectivity index (χ0n) is 17.1. The molecule has 0 radical (unpaired) electrons. The fraction of sp³-hybridized carbons (Fsp3) is 0.136. The van der Waals surface area contributed by atoms with E-state index in [1.165, 1.54) is 40.9 Å². The lowest BCUT2D eigenvalue weighted by Gasteiger charge is -2.14. The minimum atomic E-state index is -3.80. The molecule has 1 aliphatic heterocycles. The van der Waals surface area contributed by atoms with Crippen molar-refractivity contribution in [3.05, 3.63) is 76.7 Å². The summed E-state index contributed by atoms with van der Waals surface area (Å²) in [6, 6.07) is 15.3. The lowest BCUT2D eigenvalue weighted by Crippen LogP contribution is -2.31. The summed E-state index contributed by atoms with van der Waals surface area (Å²) in [4.78, 5) is 26.9. The summed E-state index contributed by atoms with van der Waals surface area (Å²) in [6.07, 6.45) is 3.80. The number of primary sulfonamides is 1. The molecular formula is C22H21N3O4S3. The SMILES string of the molecule is CC(=C/c1ccccc1)/C=C1/SC(=S)N(CCC(=O)Nc2ccc(S(N)(=O)=O)cc2)C1=O. The predicted octanol–water partition coefficient (Wildman–Crippen LogP) is 3.51. The van der Waals surface area contributed by atoms with Crippen LogP contribution in [0.3, 0.4) is 0 Å². The summed E-state index contributed by atoms with van der Waals surface area (Å²) in [5.74, 6) is -0.558. The van der Waals surface area contributed by atoms with Gasteiger partial charge in [-0.3, -0.25) is 14.5 Å². The van der Waals surface area contributed by atoms with Crippen LogP contribution in [0.5, 0.6) is 0 Å². The lowest BCUT2D eigenvalue weighted by molar-refractivity contribution is -0.122. The molecule has 0 aliphatic carbocycles. The van der Waals surface area contributed by atoms with Crippen LogP contribution in [-0.2, 0) is 19.6 Å². The molecule has 3 rings (SSSR count). The molecule has 0 spiro atoms. The molecule has 0 saturated carbocycles. The van der Waals surface area contributed by atoms with Crippen LogP contribution in [0.4, 0.5) is 5.69 Å². The quantitative estimate of drug-likeness (QED) is 0.457. The number of anilines is 1. The number of carbonyl (C=O) groups is 2. The van der Waals surface area contributed by atoms with Gasteiger partial charge in [-0.05, 0) is 48.4 Å². The van der Waals surface area contributed by atoms with Crippen molar-refractivity contribution >= 4 is 61.9 Å². The molecule has 0 bridgehead atoms. The molecule has 1 fully saturated rings. The zero-order chi connectivity index (χ0) is 23.3. The summed E-state index contributed by atoms with van der Waals surface area (Å²) in [5.41, 5.74) is 2.37. The first-order chi connectivity index (χ1) is 15.1. The molecule has 7 nitrogen and oxygen atoms in total. The van der Waals surface area contributed by atoms with Gasteiger partial charge < -0.3 is 5.32 Å². The summed E-state index contributed by atoms with van der Waals surface area (Å²) in [6.45, 7) is 2.05. The van der Waals surface area contributed by atoms with Crippen molar-refractivity contribution in [2.75, 3.05) is 11.9 Å². The average molecular weight is 488 g/mol. The fourth-order valence-corrected chi connectivity index (χ4v) is 4.79. The monoisotopic (exact) mass is 487 g/mol. The normalized spacial score (nSPS) is 16.0. The van der Waals surface area contributed by atoms with Crippen LogP contribution in [0.15, 0.2) is 76.0 Å². The van der Waals surface area contributed by atoms with Crippen molar-refractivity contribution in [2.45, 2.75) is 18.2 Å². The average Bonchev–Trinajstić information content (AvgIpc) is 2.99. The zero-order valence-corrected chi connectivity index (χ0v) is 19.6. The predicted molar refractivity (Wildman–Crippen MR) is 131 cm³/mol. The van der Waals surface area contributed by atoms with E-state index in [0.717, 1.165) is 11.1 Å². The Morgan fingerprint density at radius 2 is 1.81 bits per heavy atom. The van der Waals surface area contributed by atoms with Gasteiger partial charge >= 0.3 is 0 Å². The number of hydrogen-bond donors (Lipinski definition) is 2. The van der Waals surface area contributed by atoms with E-state index in [9.17, 15) is 18.0 Å². The Kier molecular flexibility index (Phi) is 7.62. The highest BCUT2D eigenvalue weighted by atomic mass is 32.2. The molecule has 10 heteroatoms. The van der Waals surface area contributed by atoms with Gasteiger partial charge in [0, 0.05) is 18.7 Å². The second kappa shape index (κ2) is 10.2. The van der Waals surface area contributed by atoms with Gasteiger partial charge in [0.2, 0.25) is 15.9 Å². The molecule has 166 valence electrons. The number of carbonyl (C=O) groups excluding carboxylic acids is 2. The third-order valence-electron chi connectivity index (χ3n) is 4.46. The largest absolute Gasteiger partial charge is 0.326 e. The van der Waals surface area contributed by atoms with Crippen LogP contribution in [-0.4, -0.2) is 36.0 Å². The van der Waals surface area contributed by atoms with Gasteiger partial charge in [-0.1, -0.05) is 60.4 Å². The topological polar surface area (TPSA) is 110 Å². The molecule has 3 N–H and O–H groups in total. The van der Waals surface area contributed by atoms with Gasteiger partial charge in [0.05, 0.1) is 9.80 Å². The number of nitrogens with one attached hydrogen (secondary N) is 1. The molecule has 0 atom stereocenters. The maximum Gasteiger partial charge on any atom is 0.266 e. The number of allylic oxidation sites excluding steroid dienone is 2. The lowest BCUT2D eigenvalue weighted by atomic mass is 10.1. The number of nitrogens with two attached hydrogens (primary N) is 1. The minimum absolute atomic E-state index is 0.0372. The first kappa shape index (κ1) is 23.9. The number of sulfonamides is 1. The van der Waals surface area contributed by atoms with E-state index in [0.29, 0.717) is 14.9 Å². The number of benzene rings is 2. The summed E-state index contributed by atoms with van der Waals surface area (Å²) < 4.78 is 23.0. The fourth-order valence-electron chi connectivity index (χ4n) is 2.92. The molecular weight excluding hydrogens is 466 g/mol. The molecule has 1 saturated heterocycles. The number of hydrogen-bond acceptors (Lipinski definition) is 6. The van der Waals surface area contributed by atoms with Crippen molar-refractivity contribution in [1.29, 1.82) is 0 Å². The Hall–Kier alpha value is -2.79. The van der Waals surface area contributed by atoms with E-state index in [2.05, 4.69) is 5.32 Å². The minimum Gasteiger partial charge on any atom is -0.326 e. The van der Waals surface area contributed by atoms with Gasteiger partial charge in [0.15, 0.2) is 0 Å². The van der Waals surface area contributed by atoms with Crippen LogP contribution in [0.25, 0.3) is 6.08 Å². The van der Waals surface area contributed by atoms with Crippen LogP contribution in [0.1, 0.15) is 18.9 Å². The smallest absolute Gasteiger partial charge is 0.266 e. The molecule has 0 aromatic heterocycles. The second-order valence-electron chi connectivity index (χ2n) is 7.00. The summed E-state index contributed by atoms with van der Waals surface area (Å²) in [5, 5.41) is 7.72. The maximum absolute atomic E-state index is 12.7. The summed E-state index contributed by atoms with van der Waals surface area (Å²) in [7, 11) is -3.80. The Morgan fingerprint density at radius 3 is 2.44 bits per heavy atom. The molecule has 2 aromatic rings. The first-order valence-electron chi connectivity index (χ1n) is 9.55. The van der Waals surface area contributed by atoms with Crippen LogP contribution >= 0.6 is 24.0 Å². The maximum atomic E-state index is 12.7. The van der Waals surface area contributed by atoms with Gasteiger partial charge in [-0.15, -0.1) is 0 Å². The van der Waals surface area contributed by atoms with Gasteiger partial charge in [0.25, 0.3) is 5.91 Å². The third-order valence-corrected chi connectivity index (χ3v) is 6.76. The molecule has 1 aliphatic rings. The van der Waals surface area contributed by atoms with Crippen molar-refractivity contribution in [1.82, 2.24) is 4.90 Å². The summed E-state index contributed by atoms with van der Waals surface area (Å²) >= 11 is 6.52. The van der Waals surface area contributed by atoms with E-state index in [4.69, 9.17) is 17.4 Å². The third kappa shape index (κ3) is 6.36. The number of thiocarbonyl (C=S) groups is 1. The molecule has 2 aromatic carbocycles. The van der Waals surface area contributed by atoms with Crippen molar-refractivity contribution in [3.63, 3.8) is 0 Å². The molecule has 0 unspecified atom stereocenters. The van der Waals surface area contributed by atoms with Crippen LogP contribution in [0.2, 0.25) is 0 Å². The Balaban J connectivity index is 1.58. The van der Waals surface area contributed by atoms with E-state index in [1.54, 1.807) is 6.08 Å². The number of nitrogens with zero attached hydrogens (tertiary/aromatic N) is 1. The van der Waals surface area contributed by atoms with E-state index < -0.39 is 10.0 Å². The van der Waals surface area contributed by atoms with Crippen LogP contribution < -0.4 is 10.5 Å². The van der Waals surface area contributed by atoms with Crippen molar-refractivity contribution in [2.24, 2.45) is 5.14 Å². The number of rotatable bonds is 7. The highest BCUT2D eigenvalue weighted by Gasteiger charge is 2.32. The molecule has 32 heavy (non-hydrogen) atoms. The van der Waals surface area contributed by atoms with Gasteiger partial charge in [-0.2, -0.15) is 0 Å². The highest BCUT2D eigenvalue weighted by Crippen LogP contribution is 2.32. The van der Waals surface area contributed by atoms with Crippen molar-refractivity contribution in [3.8, 4) is 0 Å². The Bertz CT molecular complexity index is 1200. The molecule has 1 heterocycles. The van der Waals surface area contributed by atoms with E-state index >= 15 is 0 Å². The molecule has 2 amide bonds. The van der Waals surface area contributed by atoms with E-state index in [1.807, 2.05) is 43.3 Å². The van der Waals surface area contributed by atoms with Crippen molar-refractivity contribution < 1.29 is 18.0 Å². The second-order valence-corrected chi connectivity index (χ2v) is 10.2. The van der Waals surface area contributed by atoms with Gasteiger partial charge in [-0.25, -0.2) is 13.6 Å². The first-order valence-corrected chi connectivity index (χ1v) is 12.3. The Labute approximate surface area is 196 Å². The highest BCUT2D eigenvalue weighted by molar-refractivity contribution is 8.26. The number of amides is 2.